The van der Waals surface area contributed by atoms with Crippen LogP contribution < -0.4 is 0 Å². The molecule has 8 nitrogen and oxygen atoms in total. The number of sulfonamides is 2. The lowest BCUT2D eigenvalue weighted by Gasteiger charge is -2.37. The van der Waals surface area contributed by atoms with Crippen molar-refractivity contribution in [2.24, 2.45) is 5.92 Å². The van der Waals surface area contributed by atoms with Crippen molar-refractivity contribution in [3.8, 4) is 0 Å². The highest BCUT2D eigenvalue weighted by atomic mass is 32.2. The molecule has 10 heteroatoms. The molecule has 1 amide bonds. The molecule has 0 aromatic heterocycles. The van der Waals surface area contributed by atoms with E-state index in [0.29, 0.717) is 39.0 Å². The molecule has 0 spiro atoms. The van der Waals surface area contributed by atoms with Crippen LogP contribution in [0.1, 0.15) is 24.0 Å². The van der Waals surface area contributed by atoms with Gasteiger partial charge in [0.15, 0.2) is 0 Å². The fourth-order valence-electron chi connectivity index (χ4n) is 4.47. The van der Waals surface area contributed by atoms with Crippen molar-refractivity contribution in [1.29, 1.82) is 0 Å². The highest BCUT2D eigenvalue weighted by Gasteiger charge is 2.36. The fraction of sp³-hybridized carbons (Fsp3) is 0.458. The van der Waals surface area contributed by atoms with Crippen LogP contribution in [0.2, 0.25) is 0 Å². The number of hydrogen-bond acceptors (Lipinski definition) is 5. The summed E-state index contributed by atoms with van der Waals surface area (Å²) in [6, 6.07) is 13.6. The number of piperidine rings is 1. The van der Waals surface area contributed by atoms with E-state index in [1.54, 1.807) is 53.4 Å². The summed E-state index contributed by atoms with van der Waals surface area (Å²) >= 11 is 0. The van der Waals surface area contributed by atoms with Gasteiger partial charge in [-0.2, -0.15) is 8.61 Å². The van der Waals surface area contributed by atoms with Crippen molar-refractivity contribution in [3.63, 3.8) is 0 Å². The van der Waals surface area contributed by atoms with Gasteiger partial charge < -0.3 is 4.90 Å². The SMILES string of the molecule is Cc1ccc(S(=O)(=O)N2CCC(C(=O)N3CCN(S(=O)(=O)c4ccc(C)cc4)CC3)CC2)cc1. The van der Waals surface area contributed by atoms with Crippen LogP contribution in [-0.2, 0) is 24.8 Å². The maximum Gasteiger partial charge on any atom is 0.243 e. The maximum absolute atomic E-state index is 13.1. The second-order valence-electron chi connectivity index (χ2n) is 9.03. The zero-order valence-electron chi connectivity index (χ0n) is 19.6. The Morgan fingerprint density at radius 3 is 1.44 bits per heavy atom. The molecule has 2 aromatic rings. The molecule has 2 saturated heterocycles. The molecule has 2 heterocycles. The van der Waals surface area contributed by atoms with Gasteiger partial charge in [0.2, 0.25) is 26.0 Å². The average Bonchev–Trinajstić information content (AvgIpc) is 2.84. The lowest BCUT2D eigenvalue weighted by molar-refractivity contribution is -0.137. The predicted octanol–water partition coefficient (Wildman–Crippen LogP) is 2.24. The zero-order valence-corrected chi connectivity index (χ0v) is 21.2. The van der Waals surface area contributed by atoms with Gasteiger partial charge in [0.1, 0.15) is 0 Å². The van der Waals surface area contributed by atoms with E-state index in [2.05, 4.69) is 0 Å². The van der Waals surface area contributed by atoms with Crippen molar-refractivity contribution in [3.05, 3.63) is 59.7 Å². The second-order valence-corrected chi connectivity index (χ2v) is 12.9. The van der Waals surface area contributed by atoms with Crippen LogP contribution in [0.4, 0.5) is 0 Å². The van der Waals surface area contributed by atoms with Gasteiger partial charge in [-0.25, -0.2) is 16.8 Å². The minimum Gasteiger partial charge on any atom is -0.340 e. The molecule has 0 bridgehead atoms. The lowest BCUT2D eigenvalue weighted by atomic mass is 9.96. The van der Waals surface area contributed by atoms with Crippen molar-refractivity contribution in [2.75, 3.05) is 39.3 Å². The third kappa shape index (κ3) is 5.05. The van der Waals surface area contributed by atoms with Crippen LogP contribution in [-0.4, -0.2) is 75.5 Å². The van der Waals surface area contributed by atoms with Gasteiger partial charge in [-0.05, 0) is 51.0 Å². The first-order chi connectivity index (χ1) is 16.1. The maximum atomic E-state index is 13.1. The van der Waals surface area contributed by atoms with E-state index >= 15 is 0 Å². The van der Waals surface area contributed by atoms with Gasteiger partial charge in [0, 0.05) is 45.2 Å². The molecule has 0 N–H and O–H groups in total. The zero-order chi connectivity index (χ0) is 24.5. The van der Waals surface area contributed by atoms with E-state index in [9.17, 15) is 21.6 Å². The number of carbonyl (C=O) groups excluding carboxylic acids is 1. The summed E-state index contributed by atoms with van der Waals surface area (Å²) in [6.45, 7) is 5.60. The third-order valence-corrected chi connectivity index (χ3v) is 10.5. The van der Waals surface area contributed by atoms with Gasteiger partial charge >= 0.3 is 0 Å². The molecule has 2 fully saturated rings. The van der Waals surface area contributed by atoms with Crippen LogP contribution in [0.25, 0.3) is 0 Å². The van der Waals surface area contributed by atoms with Gasteiger partial charge in [-0.15, -0.1) is 0 Å². The van der Waals surface area contributed by atoms with E-state index in [0.717, 1.165) is 11.1 Å². The second kappa shape index (κ2) is 9.77. The number of piperazine rings is 1. The third-order valence-electron chi connectivity index (χ3n) is 6.67. The van der Waals surface area contributed by atoms with Gasteiger partial charge in [-0.1, -0.05) is 35.4 Å². The smallest absolute Gasteiger partial charge is 0.243 e. The molecule has 0 saturated carbocycles. The minimum absolute atomic E-state index is 0.0141. The first kappa shape index (κ1) is 24.8. The molecule has 0 radical (unpaired) electrons. The molecule has 0 unspecified atom stereocenters. The molecule has 4 rings (SSSR count). The van der Waals surface area contributed by atoms with Gasteiger partial charge in [0.25, 0.3) is 0 Å². The Bertz CT molecular complexity index is 1130. The monoisotopic (exact) mass is 505 g/mol. The Labute approximate surface area is 202 Å². The predicted molar refractivity (Wildman–Crippen MR) is 129 cm³/mol. The number of aryl methyl sites for hydroxylation is 2. The van der Waals surface area contributed by atoms with Crippen molar-refractivity contribution < 1.29 is 21.6 Å². The van der Waals surface area contributed by atoms with E-state index < -0.39 is 20.0 Å². The number of benzene rings is 2. The summed E-state index contributed by atoms with van der Waals surface area (Å²) in [5.41, 5.74) is 1.99. The Hall–Kier alpha value is -2.27. The van der Waals surface area contributed by atoms with Crippen LogP contribution >= 0.6 is 0 Å². The lowest BCUT2D eigenvalue weighted by Crippen LogP contribution is -2.53. The fourth-order valence-corrected chi connectivity index (χ4v) is 7.36. The van der Waals surface area contributed by atoms with Crippen LogP contribution in [0.3, 0.4) is 0 Å². The molecule has 0 aliphatic carbocycles. The molecular formula is C24H31N3O5S2. The molecule has 2 aliphatic heterocycles. The highest BCUT2D eigenvalue weighted by Crippen LogP contribution is 2.26. The van der Waals surface area contributed by atoms with E-state index in [1.807, 2.05) is 13.8 Å². The summed E-state index contributed by atoms with van der Waals surface area (Å²) in [5, 5.41) is 0. The number of hydrogen-bond donors (Lipinski definition) is 0. The Morgan fingerprint density at radius 1 is 0.647 bits per heavy atom. The van der Waals surface area contributed by atoms with Crippen LogP contribution in [0, 0.1) is 19.8 Å². The summed E-state index contributed by atoms with van der Waals surface area (Å²) < 4.78 is 54.5. The highest BCUT2D eigenvalue weighted by molar-refractivity contribution is 7.89. The largest absolute Gasteiger partial charge is 0.340 e. The van der Waals surface area contributed by atoms with Crippen molar-refractivity contribution in [2.45, 2.75) is 36.5 Å². The van der Waals surface area contributed by atoms with Crippen molar-refractivity contribution >= 4 is 26.0 Å². The van der Waals surface area contributed by atoms with Crippen LogP contribution in [0.5, 0.6) is 0 Å². The molecule has 184 valence electrons. The Balaban J connectivity index is 1.32. The van der Waals surface area contributed by atoms with Crippen LogP contribution in [0.15, 0.2) is 58.3 Å². The van der Waals surface area contributed by atoms with E-state index in [-0.39, 0.29) is 34.7 Å². The quantitative estimate of drug-likeness (QED) is 0.621. The Morgan fingerprint density at radius 2 is 1.03 bits per heavy atom. The minimum atomic E-state index is -3.58. The van der Waals surface area contributed by atoms with Gasteiger partial charge in [0.05, 0.1) is 9.79 Å². The normalized spacial score (nSPS) is 19.3. The van der Waals surface area contributed by atoms with Gasteiger partial charge in [-0.3, -0.25) is 4.79 Å². The molecule has 34 heavy (non-hydrogen) atoms. The topological polar surface area (TPSA) is 95.1 Å². The average molecular weight is 506 g/mol. The Kier molecular flexibility index (Phi) is 7.14. The first-order valence-electron chi connectivity index (χ1n) is 11.5. The molecule has 2 aromatic carbocycles. The molecular weight excluding hydrogens is 474 g/mol. The standard InChI is InChI=1S/C24H31N3O5S2/c1-19-3-7-22(8-4-19)33(29,30)26-13-11-21(12-14-26)24(28)25-15-17-27(18-16-25)34(31,32)23-9-5-20(2)6-10-23/h3-10,21H,11-18H2,1-2H3. The summed E-state index contributed by atoms with van der Waals surface area (Å²) in [6.07, 6.45) is 0.928. The van der Waals surface area contributed by atoms with E-state index in [4.69, 9.17) is 0 Å². The number of rotatable bonds is 5. The van der Waals surface area contributed by atoms with Crippen molar-refractivity contribution in [1.82, 2.24) is 13.5 Å². The summed E-state index contributed by atoms with van der Waals surface area (Å²) in [5.74, 6) is -0.260. The summed E-state index contributed by atoms with van der Waals surface area (Å²) in [4.78, 5) is 15.3. The molecule has 2 aliphatic rings. The first-order valence-corrected chi connectivity index (χ1v) is 14.4. The number of nitrogens with zero attached hydrogens (tertiary/aromatic N) is 3. The van der Waals surface area contributed by atoms with E-state index in [1.165, 1.54) is 8.61 Å². The number of carbonyl (C=O) groups is 1. The number of amides is 1. The summed E-state index contributed by atoms with van der Waals surface area (Å²) in [7, 11) is -7.15. The molecule has 0 atom stereocenters.